The predicted octanol–water partition coefficient (Wildman–Crippen LogP) is 5.84. The van der Waals surface area contributed by atoms with Gasteiger partial charge in [-0.1, -0.05) is 41.0 Å². The maximum atomic E-state index is 12.8. The Kier molecular flexibility index (Phi) is 7.96. The highest BCUT2D eigenvalue weighted by atomic mass is 35.5. The van der Waals surface area contributed by atoms with Crippen LogP contribution in [0.3, 0.4) is 0 Å². The van der Waals surface area contributed by atoms with Crippen LogP contribution in [0.1, 0.15) is 28.5 Å². The number of Topliss-reactive ketones (excluding diaryl/α,β-unsaturated/α-hetero) is 1. The smallest absolute Gasteiger partial charge is 0.228 e. The van der Waals surface area contributed by atoms with E-state index in [1.807, 2.05) is 46.7 Å². The van der Waals surface area contributed by atoms with Gasteiger partial charge in [-0.15, -0.1) is 11.3 Å². The average molecular weight is 521 g/mol. The van der Waals surface area contributed by atoms with Crippen LogP contribution in [0.15, 0.2) is 52.2 Å². The van der Waals surface area contributed by atoms with Gasteiger partial charge in [0.1, 0.15) is 4.34 Å². The summed E-state index contributed by atoms with van der Waals surface area (Å²) in [5.41, 5.74) is 3.60. The fraction of sp³-hybridized carbons (Fsp3) is 0.292. The number of hydrogen-bond acceptors (Lipinski definition) is 6. The van der Waals surface area contributed by atoms with E-state index in [9.17, 15) is 9.59 Å². The number of anilines is 1. The van der Waals surface area contributed by atoms with Gasteiger partial charge in [0.25, 0.3) is 0 Å². The molecule has 0 N–H and O–H groups in total. The minimum atomic E-state index is 0.0642. The van der Waals surface area contributed by atoms with E-state index in [-0.39, 0.29) is 11.7 Å². The molecular formula is C24H23Cl2N3O2S2. The van der Waals surface area contributed by atoms with Crippen molar-refractivity contribution in [1.29, 1.82) is 0 Å². The molecule has 1 aliphatic rings. The summed E-state index contributed by atoms with van der Waals surface area (Å²) in [6.07, 6.45) is 0.312. The van der Waals surface area contributed by atoms with E-state index in [1.54, 1.807) is 36.1 Å². The summed E-state index contributed by atoms with van der Waals surface area (Å²) in [5, 5.41) is 3.22. The molecule has 0 saturated carbocycles. The number of ketones is 1. The van der Waals surface area contributed by atoms with E-state index in [1.165, 1.54) is 0 Å². The molecule has 1 saturated heterocycles. The number of rotatable bonds is 7. The second-order valence-corrected chi connectivity index (χ2v) is 10.7. The van der Waals surface area contributed by atoms with Crippen LogP contribution in [0.2, 0.25) is 10.0 Å². The van der Waals surface area contributed by atoms with Crippen LogP contribution in [-0.2, 0) is 17.0 Å². The average Bonchev–Trinajstić information content (AvgIpc) is 3.26. The minimum Gasteiger partial charge on any atom is -0.368 e. The molecule has 1 aliphatic heterocycles. The van der Waals surface area contributed by atoms with Crippen molar-refractivity contribution in [3.05, 3.63) is 74.7 Å². The van der Waals surface area contributed by atoms with E-state index in [4.69, 9.17) is 23.2 Å². The van der Waals surface area contributed by atoms with Gasteiger partial charge in [-0.2, -0.15) is 0 Å². The molecule has 0 spiro atoms. The van der Waals surface area contributed by atoms with Crippen molar-refractivity contribution < 1.29 is 9.59 Å². The van der Waals surface area contributed by atoms with E-state index in [2.05, 4.69) is 9.88 Å². The Bertz CT molecular complexity index is 1140. The summed E-state index contributed by atoms with van der Waals surface area (Å²) in [4.78, 5) is 33.0. The summed E-state index contributed by atoms with van der Waals surface area (Å²) >= 11 is 15.3. The van der Waals surface area contributed by atoms with Crippen LogP contribution in [-0.4, -0.2) is 47.8 Å². The zero-order chi connectivity index (χ0) is 23.4. The third-order valence-electron chi connectivity index (χ3n) is 5.50. The molecule has 0 bridgehead atoms. The van der Waals surface area contributed by atoms with Crippen molar-refractivity contribution in [1.82, 2.24) is 9.88 Å². The SMILES string of the molecule is CC(=O)c1ccc(N2CCN(C(=O)Cc3csc(SCc4ccc(Cl)cc4Cl)n3)CC2)cc1. The zero-order valence-corrected chi connectivity index (χ0v) is 21.2. The molecule has 0 unspecified atom stereocenters. The third-order valence-corrected chi connectivity index (χ3v) is 8.21. The van der Waals surface area contributed by atoms with Crippen LogP contribution in [0.5, 0.6) is 0 Å². The molecule has 1 aromatic heterocycles. The number of piperazine rings is 1. The lowest BCUT2D eigenvalue weighted by molar-refractivity contribution is -0.130. The van der Waals surface area contributed by atoms with Crippen LogP contribution in [0.25, 0.3) is 0 Å². The monoisotopic (exact) mass is 519 g/mol. The Morgan fingerprint density at radius 2 is 1.79 bits per heavy atom. The molecule has 4 rings (SSSR count). The van der Waals surface area contributed by atoms with Crippen molar-refractivity contribution >= 4 is 63.7 Å². The molecule has 33 heavy (non-hydrogen) atoms. The second kappa shape index (κ2) is 10.9. The molecular weight excluding hydrogens is 497 g/mol. The normalized spacial score (nSPS) is 13.9. The largest absolute Gasteiger partial charge is 0.368 e. The Hall–Kier alpha value is -2.06. The molecule has 172 valence electrons. The lowest BCUT2D eigenvalue weighted by Gasteiger charge is -2.36. The standard InChI is InChI=1S/C24H23Cl2N3O2S2/c1-16(30)17-3-6-21(7-4-17)28-8-10-29(11-9-28)23(31)13-20-15-33-24(27-20)32-14-18-2-5-19(25)12-22(18)26/h2-7,12,15H,8-11,13-14H2,1H3. The van der Waals surface area contributed by atoms with Crippen molar-refractivity contribution in [2.24, 2.45) is 0 Å². The molecule has 2 heterocycles. The molecule has 0 aliphatic carbocycles. The highest BCUT2D eigenvalue weighted by Gasteiger charge is 2.22. The highest BCUT2D eigenvalue weighted by molar-refractivity contribution is 8.00. The first-order chi connectivity index (χ1) is 15.9. The number of carbonyl (C=O) groups excluding carboxylic acids is 2. The van der Waals surface area contributed by atoms with Crippen molar-refractivity contribution in [3.8, 4) is 0 Å². The predicted molar refractivity (Wildman–Crippen MR) is 137 cm³/mol. The molecule has 0 radical (unpaired) electrons. The van der Waals surface area contributed by atoms with E-state index >= 15 is 0 Å². The van der Waals surface area contributed by atoms with E-state index in [0.29, 0.717) is 40.9 Å². The summed E-state index contributed by atoms with van der Waals surface area (Å²) < 4.78 is 0.919. The zero-order valence-electron chi connectivity index (χ0n) is 18.1. The summed E-state index contributed by atoms with van der Waals surface area (Å²) in [6, 6.07) is 13.1. The fourth-order valence-corrected chi connectivity index (χ4v) is 6.01. The van der Waals surface area contributed by atoms with Crippen LogP contribution in [0, 0.1) is 0 Å². The van der Waals surface area contributed by atoms with Gasteiger partial charge in [-0.25, -0.2) is 4.98 Å². The lowest BCUT2D eigenvalue weighted by Crippen LogP contribution is -2.49. The van der Waals surface area contributed by atoms with Crippen molar-refractivity contribution in [3.63, 3.8) is 0 Å². The summed E-state index contributed by atoms with van der Waals surface area (Å²) in [7, 11) is 0. The fourth-order valence-electron chi connectivity index (χ4n) is 3.60. The molecule has 2 aromatic carbocycles. The van der Waals surface area contributed by atoms with E-state index in [0.717, 1.165) is 34.4 Å². The van der Waals surface area contributed by atoms with Gasteiger partial charge in [0.2, 0.25) is 5.91 Å². The molecule has 1 amide bonds. The van der Waals surface area contributed by atoms with Gasteiger partial charge >= 0.3 is 0 Å². The molecule has 5 nitrogen and oxygen atoms in total. The first kappa shape index (κ1) is 24.1. The molecule has 3 aromatic rings. The van der Waals surface area contributed by atoms with Gasteiger partial charge in [0.05, 0.1) is 12.1 Å². The van der Waals surface area contributed by atoms with Gasteiger partial charge in [-0.05, 0) is 48.9 Å². The number of carbonyl (C=O) groups is 2. The van der Waals surface area contributed by atoms with Crippen molar-refractivity contribution in [2.75, 3.05) is 31.1 Å². The van der Waals surface area contributed by atoms with Gasteiger partial charge in [0, 0.05) is 58.6 Å². The van der Waals surface area contributed by atoms with Gasteiger partial charge in [0.15, 0.2) is 5.78 Å². The number of benzene rings is 2. The third kappa shape index (κ3) is 6.29. The first-order valence-electron chi connectivity index (χ1n) is 10.5. The number of nitrogens with zero attached hydrogens (tertiary/aromatic N) is 3. The summed E-state index contributed by atoms with van der Waals surface area (Å²) in [5.74, 6) is 0.866. The molecule has 1 fully saturated rings. The minimum absolute atomic E-state index is 0.0642. The number of aromatic nitrogens is 1. The topological polar surface area (TPSA) is 53.5 Å². The Morgan fingerprint density at radius 1 is 1.06 bits per heavy atom. The van der Waals surface area contributed by atoms with Crippen LogP contribution in [0.4, 0.5) is 5.69 Å². The van der Waals surface area contributed by atoms with Gasteiger partial charge < -0.3 is 9.80 Å². The lowest BCUT2D eigenvalue weighted by atomic mass is 10.1. The molecule has 0 atom stereocenters. The first-order valence-corrected chi connectivity index (χ1v) is 13.2. The maximum Gasteiger partial charge on any atom is 0.228 e. The van der Waals surface area contributed by atoms with Crippen LogP contribution >= 0.6 is 46.3 Å². The van der Waals surface area contributed by atoms with Gasteiger partial charge in [-0.3, -0.25) is 9.59 Å². The highest BCUT2D eigenvalue weighted by Crippen LogP contribution is 2.30. The van der Waals surface area contributed by atoms with Crippen molar-refractivity contribution in [2.45, 2.75) is 23.4 Å². The number of thioether (sulfide) groups is 1. The maximum absolute atomic E-state index is 12.8. The summed E-state index contributed by atoms with van der Waals surface area (Å²) in [6.45, 7) is 4.46. The van der Waals surface area contributed by atoms with Crippen LogP contribution < -0.4 is 4.90 Å². The Morgan fingerprint density at radius 3 is 2.45 bits per heavy atom. The number of halogens is 2. The quantitative estimate of drug-likeness (QED) is 0.290. The second-order valence-electron chi connectivity index (χ2n) is 7.78. The number of hydrogen-bond donors (Lipinski definition) is 0. The molecule has 9 heteroatoms. The Balaban J connectivity index is 1.26. The Labute approximate surface area is 211 Å². The number of thiazole rings is 1. The number of amides is 1. The van der Waals surface area contributed by atoms with E-state index < -0.39 is 0 Å².